The van der Waals surface area contributed by atoms with Crippen molar-refractivity contribution in [2.45, 2.75) is 31.4 Å². The number of carbonyl (C=O) groups is 1. The SMILES string of the molecule is CCOC(=O)C1=C(C)N=c2s/c(=C\c3ccc(OCc4ccc(Cl)cc4)cc3)c(=O)n2[C@H]1c1ccc(SC)cc1. The zero-order valence-electron chi connectivity index (χ0n) is 22.2. The van der Waals surface area contributed by atoms with E-state index in [1.54, 1.807) is 30.2 Å². The van der Waals surface area contributed by atoms with Crippen molar-refractivity contribution in [3.05, 3.63) is 125 Å². The van der Waals surface area contributed by atoms with Crippen molar-refractivity contribution in [3.63, 3.8) is 0 Å². The van der Waals surface area contributed by atoms with Gasteiger partial charge in [-0.05, 0) is 79.3 Å². The fourth-order valence-corrected chi connectivity index (χ4v) is 6.03. The van der Waals surface area contributed by atoms with Gasteiger partial charge in [0.05, 0.1) is 28.5 Å². The van der Waals surface area contributed by atoms with Crippen molar-refractivity contribution >= 4 is 46.7 Å². The second-order valence-corrected chi connectivity index (χ2v) is 11.4. The van der Waals surface area contributed by atoms with E-state index in [0.29, 0.717) is 32.2 Å². The molecule has 0 saturated carbocycles. The number of nitrogens with zero attached hydrogens (tertiary/aromatic N) is 2. The maximum atomic E-state index is 13.8. The van der Waals surface area contributed by atoms with Crippen molar-refractivity contribution in [2.24, 2.45) is 4.99 Å². The van der Waals surface area contributed by atoms with Crippen molar-refractivity contribution in [3.8, 4) is 5.75 Å². The molecule has 1 atom stereocenters. The molecule has 0 saturated heterocycles. The lowest BCUT2D eigenvalue weighted by molar-refractivity contribution is -0.139. The number of thiazole rings is 1. The van der Waals surface area contributed by atoms with Crippen LogP contribution in [-0.2, 0) is 16.1 Å². The third-order valence-corrected chi connectivity index (χ3v) is 8.42. The summed E-state index contributed by atoms with van der Waals surface area (Å²) in [5, 5.41) is 0.686. The smallest absolute Gasteiger partial charge is 0.338 e. The van der Waals surface area contributed by atoms with E-state index in [2.05, 4.69) is 4.99 Å². The van der Waals surface area contributed by atoms with Crippen LogP contribution in [0, 0.1) is 0 Å². The van der Waals surface area contributed by atoms with Crippen LogP contribution in [0.15, 0.2) is 98.7 Å². The second kappa shape index (κ2) is 12.3. The van der Waals surface area contributed by atoms with Gasteiger partial charge in [0.1, 0.15) is 12.4 Å². The molecule has 6 nitrogen and oxygen atoms in total. The lowest BCUT2D eigenvalue weighted by Crippen LogP contribution is -2.39. The van der Waals surface area contributed by atoms with E-state index in [1.165, 1.54) is 11.3 Å². The molecule has 40 heavy (non-hydrogen) atoms. The molecule has 9 heteroatoms. The van der Waals surface area contributed by atoms with Gasteiger partial charge in [0, 0.05) is 9.92 Å². The summed E-state index contributed by atoms with van der Waals surface area (Å²) in [6.45, 7) is 4.21. The highest BCUT2D eigenvalue weighted by atomic mass is 35.5. The Morgan fingerprint density at radius 2 is 1.77 bits per heavy atom. The first-order valence-corrected chi connectivity index (χ1v) is 15.1. The highest BCUT2D eigenvalue weighted by molar-refractivity contribution is 7.98. The molecule has 0 amide bonds. The molecule has 204 valence electrons. The van der Waals surface area contributed by atoms with Gasteiger partial charge in [-0.25, -0.2) is 9.79 Å². The molecule has 2 heterocycles. The molecule has 3 aromatic carbocycles. The average Bonchev–Trinajstić information content (AvgIpc) is 3.26. The van der Waals surface area contributed by atoms with Crippen LogP contribution >= 0.6 is 34.7 Å². The molecule has 0 aliphatic carbocycles. The number of thioether (sulfide) groups is 1. The molecule has 1 aliphatic heterocycles. The minimum Gasteiger partial charge on any atom is -0.489 e. The predicted molar refractivity (Wildman–Crippen MR) is 161 cm³/mol. The Kier molecular flexibility index (Phi) is 8.59. The van der Waals surface area contributed by atoms with Gasteiger partial charge < -0.3 is 9.47 Å². The first-order valence-electron chi connectivity index (χ1n) is 12.7. The highest BCUT2D eigenvalue weighted by Crippen LogP contribution is 2.31. The van der Waals surface area contributed by atoms with Gasteiger partial charge in [0.2, 0.25) is 0 Å². The van der Waals surface area contributed by atoms with Crippen LogP contribution in [0.2, 0.25) is 5.02 Å². The molecule has 0 unspecified atom stereocenters. The molecule has 0 spiro atoms. The van der Waals surface area contributed by atoms with Gasteiger partial charge in [0.15, 0.2) is 4.80 Å². The van der Waals surface area contributed by atoms with E-state index < -0.39 is 12.0 Å². The zero-order valence-corrected chi connectivity index (χ0v) is 24.6. The Morgan fingerprint density at radius 3 is 2.42 bits per heavy atom. The number of hydrogen-bond acceptors (Lipinski definition) is 7. The molecule has 0 N–H and O–H groups in total. The van der Waals surface area contributed by atoms with E-state index in [0.717, 1.165) is 27.3 Å². The normalized spacial score (nSPS) is 15.0. The molecule has 5 rings (SSSR count). The van der Waals surface area contributed by atoms with E-state index in [9.17, 15) is 9.59 Å². The topological polar surface area (TPSA) is 69.9 Å². The van der Waals surface area contributed by atoms with Gasteiger partial charge in [-0.2, -0.15) is 0 Å². The van der Waals surface area contributed by atoms with E-state index in [4.69, 9.17) is 21.1 Å². The number of ether oxygens (including phenoxy) is 2. The Hall–Kier alpha value is -3.59. The van der Waals surface area contributed by atoms with Gasteiger partial charge in [-0.15, -0.1) is 11.8 Å². The van der Waals surface area contributed by atoms with Crippen LogP contribution in [0.5, 0.6) is 5.75 Å². The predicted octanol–water partition coefficient (Wildman–Crippen LogP) is 5.75. The fourth-order valence-electron chi connectivity index (χ4n) is 4.45. The molecule has 1 aromatic heterocycles. The van der Waals surface area contributed by atoms with Crippen LogP contribution in [-0.4, -0.2) is 23.4 Å². The summed E-state index contributed by atoms with van der Waals surface area (Å²) in [5.74, 6) is 0.253. The summed E-state index contributed by atoms with van der Waals surface area (Å²) in [6, 6.07) is 22.3. The first kappa shape index (κ1) is 28.0. The van der Waals surface area contributed by atoms with Gasteiger partial charge in [0.25, 0.3) is 5.56 Å². The van der Waals surface area contributed by atoms with Crippen LogP contribution in [0.25, 0.3) is 6.08 Å². The van der Waals surface area contributed by atoms with Crippen LogP contribution in [0.3, 0.4) is 0 Å². The monoisotopic (exact) mass is 590 g/mol. The number of hydrogen-bond donors (Lipinski definition) is 0. The first-order chi connectivity index (χ1) is 19.4. The van der Waals surface area contributed by atoms with Crippen molar-refractivity contribution in [1.29, 1.82) is 0 Å². The number of rotatable bonds is 8. The summed E-state index contributed by atoms with van der Waals surface area (Å²) in [4.78, 5) is 33.1. The number of benzene rings is 3. The quantitative estimate of drug-likeness (QED) is 0.193. The van der Waals surface area contributed by atoms with Crippen LogP contribution in [0.4, 0.5) is 0 Å². The van der Waals surface area contributed by atoms with Crippen molar-refractivity contribution in [2.75, 3.05) is 12.9 Å². The molecular weight excluding hydrogens is 564 g/mol. The fraction of sp³-hybridized carbons (Fsp3) is 0.194. The summed E-state index contributed by atoms with van der Waals surface area (Å²) in [5.41, 5.74) is 3.41. The minimum absolute atomic E-state index is 0.208. The lowest BCUT2D eigenvalue weighted by atomic mass is 9.96. The summed E-state index contributed by atoms with van der Waals surface area (Å²) < 4.78 is 13.4. The van der Waals surface area contributed by atoms with Crippen LogP contribution in [0.1, 0.15) is 36.6 Å². The molecule has 4 aromatic rings. The van der Waals surface area contributed by atoms with Crippen molar-refractivity contribution in [1.82, 2.24) is 4.57 Å². The molecule has 0 radical (unpaired) electrons. The largest absolute Gasteiger partial charge is 0.489 e. The number of esters is 1. The number of fused-ring (bicyclic) bond motifs is 1. The number of halogens is 1. The maximum Gasteiger partial charge on any atom is 0.338 e. The number of carbonyl (C=O) groups excluding carboxylic acids is 1. The number of aromatic nitrogens is 1. The Balaban J connectivity index is 1.49. The summed E-state index contributed by atoms with van der Waals surface area (Å²) in [6.07, 6.45) is 3.84. The Labute approximate surface area is 245 Å². The molecule has 0 bridgehead atoms. The van der Waals surface area contributed by atoms with E-state index >= 15 is 0 Å². The lowest BCUT2D eigenvalue weighted by Gasteiger charge is -2.24. The molecule has 0 fully saturated rings. The Morgan fingerprint density at radius 1 is 1.07 bits per heavy atom. The third-order valence-electron chi connectivity index (χ3n) is 6.45. The maximum absolute atomic E-state index is 13.8. The minimum atomic E-state index is -0.628. The van der Waals surface area contributed by atoms with Gasteiger partial charge >= 0.3 is 5.97 Å². The van der Waals surface area contributed by atoms with Gasteiger partial charge in [-0.1, -0.05) is 59.3 Å². The molecular formula is C31H27ClN2O4S2. The second-order valence-electron chi connectivity index (χ2n) is 9.06. The van der Waals surface area contributed by atoms with E-state index in [-0.39, 0.29) is 12.2 Å². The standard InChI is InChI=1S/C31H27ClN2O4S2/c1-4-37-30(36)27-19(2)33-31-34(28(27)22-9-15-25(39-3)16-10-22)29(35)26(40-31)17-20-7-13-24(14-8-20)38-18-21-5-11-23(32)12-6-21/h5-17,28H,4,18H2,1-3H3/b26-17-/t28-/m0/s1. The van der Waals surface area contributed by atoms with E-state index in [1.807, 2.05) is 85.1 Å². The Bertz CT molecular complexity index is 1740. The highest BCUT2D eigenvalue weighted by Gasteiger charge is 2.33. The van der Waals surface area contributed by atoms with Crippen LogP contribution < -0.4 is 19.6 Å². The van der Waals surface area contributed by atoms with Gasteiger partial charge in [-0.3, -0.25) is 9.36 Å². The van der Waals surface area contributed by atoms with Crippen molar-refractivity contribution < 1.29 is 14.3 Å². The summed E-state index contributed by atoms with van der Waals surface area (Å²) in [7, 11) is 0. The third kappa shape index (κ3) is 5.94. The molecule has 1 aliphatic rings. The average molecular weight is 591 g/mol. The number of allylic oxidation sites excluding steroid dienone is 1. The zero-order chi connectivity index (χ0) is 28.2. The summed E-state index contributed by atoms with van der Waals surface area (Å²) >= 11 is 8.88.